The molecule has 2 aromatic rings. The first-order chi connectivity index (χ1) is 10.7. The van der Waals surface area contributed by atoms with Crippen molar-refractivity contribution in [2.45, 2.75) is 6.42 Å². The Hall–Kier alpha value is -2.13. The lowest BCUT2D eigenvalue weighted by Crippen LogP contribution is -2.30. The Morgan fingerprint density at radius 3 is 2.09 bits per heavy atom. The van der Waals surface area contributed by atoms with Gasteiger partial charge in [-0.05, 0) is 59.0 Å². The first-order valence-corrected chi connectivity index (χ1v) is 7.94. The van der Waals surface area contributed by atoms with E-state index in [0.29, 0.717) is 24.1 Å². The lowest BCUT2D eigenvalue weighted by Gasteiger charge is -2.10. The summed E-state index contributed by atoms with van der Waals surface area (Å²) >= 11 is 2.24. The summed E-state index contributed by atoms with van der Waals surface area (Å²) in [7, 11) is 0. The van der Waals surface area contributed by atoms with Crippen molar-refractivity contribution in [3.63, 3.8) is 0 Å². The summed E-state index contributed by atoms with van der Waals surface area (Å²) in [5, 5.41) is 0. The number of carbonyl (C=O) groups is 2. The average molecular weight is 401 g/mol. The van der Waals surface area contributed by atoms with Crippen molar-refractivity contribution < 1.29 is 9.59 Å². The van der Waals surface area contributed by atoms with Gasteiger partial charge in [-0.1, -0.05) is 24.0 Å². The minimum atomic E-state index is -0.225. The molecule has 1 heterocycles. The van der Waals surface area contributed by atoms with Crippen LogP contribution in [-0.2, 0) is 0 Å². The first-order valence-electron chi connectivity index (χ1n) is 6.86. The zero-order valence-electron chi connectivity index (χ0n) is 11.7. The summed E-state index contributed by atoms with van der Waals surface area (Å²) in [4.78, 5) is 25.6. The normalized spacial score (nSPS) is 12.9. The minimum Gasteiger partial charge on any atom is -0.273 e. The van der Waals surface area contributed by atoms with E-state index in [9.17, 15) is 9.59 Å². The van der Waals surface area contributed by atoms with Crippen LogP contribution in [0.5, 0.6) is 0 Å². The number of halogens is 1. The van der Waals surface area contributed by atoms with Gasteiger partial charge in [-0.25, -0.2) is 0 Å². The summed E-state index contributed by atoms with van der Waals surface area (Å²) in [6, 6.07) is 14.8. The maximum Gasteiger partial charge on any atom is 0.261 e. The molecule has 22 heavy (non-hydrogen) atoms. The number of amides is 2. The monoisotopic (exact) mass is 401 g/mol. The molecule has 0 saturated heterocycles. The maximum absolute atomic E-state index is 12.2. The van der Waals surface area contributed by atoms with Gasteiger partial charge in [0.25, 0.3) is 11.8 Å². The fourth-order valence-corrected chi connectivity index (χ4v) is 2.67. The predicted molar refractivity (Wildman–Crippen MR) is 92.5 cm³/mol. The standard InChI is InChI=1S/C18H12INO2/c19-14-10-8-13(9-11-14)5-3-4-12-20-17(21)15-6-1-2-7-16(15)18(20)22/h1-2,6-11H,4,12H2. The van der Waals surface area contributed by atoms with E-state index in [0.717, 1.165) is 9.13 Å². The molecule has 0 unspecified atom stereocenters. The van der Waals surface area contributed by atoms with E-state index in [2.05, 4.69) is 34.4 Å². The fourth-order valence-electron chi connectivity index (χ4n) is 2.31. The number of rotatable bonds is 2. The van der Waals surface area contributed by atoms with E-state index in [1.54, 1.807) is 24.3 Å². The van der Waals surface area contributed by atoms with Crippen LogP contribution < -0.4 is 0 Å². The van der Waals surface area contributed by atoms with Gasteiger partial charge >= 0.3 is 0 Å². The van der Waals surface area contributed by atoms with Crippen molar-refractivity contribution in [1.29, 1.82) is 0 Å². The Kier molecular flexibility index (Phi) is 4.25. The van der Waals surface area contributed by atoms with E-state index in [-0.39, 0.29) is 11.8 Å². The van der Waals surface area contributed by atoms with Gasteiger partial charge in [0.05, 0.1) is 11.1 Å². The number of carbonyl (C=O) groups excluding carboxylic acids is 2. The molecule has 0 atom stereocenters. The lowest BCUT2D eigenvalue weighted by atomic mass is 10.1. The summed E-state index contributed by atoms with van der Waals surface area (Å²) in [5.41, 5.74) is 1.90. The van der Waals surface area contributed by atoms with Crippen molar-refractivity contribution in [3.8, 4) is 11.8 Å². The number of imide groups is 1. The zero-order valence-corrected chi connectivity index (χ0v) is 13.8. The first kappa shape index (κ1) is 14.8. The van der Waals surface area contributed by atoms with Crippen LogP contribution in [0.25, 0.3) is 0 Å². The van der Waals surface area contributed by atoms with E-state index >= 15 is 0 Å². The number of nitrogens with zero attached hydrogens (tertiary/aromatic N) is 1. The Labute approximate surface area is 142 Å². The minimum absolute atomic E-state index is 0.225. The van der Waals surface area contributed by atoms with E-state index in [4.69, 9.17) is 0 Å². The molecule has 4 heteroatoms. The topological polar surface area (TPSA) is 37.4 Å². The number of hydrogen-bond acceptors (Lipinski definition) is 2. The molecule has 2 aromatic carbocycles. The van der Waals surface area contributed by atoms with Gasteiger partial charge in [0.2, 0.25) is 0 Å². The fraction of sp³-hybridized carbons (Fsp3) is 0.111. The molecule has 0 N–H and O–H groups in total. The Morgan fingerprint density at radius 2 is 1.50 bits per heavy atom. The molecular weight excluding hydrogens is 389 g/mol. The van der Waals surface area contributed by atoms with Crippen LogP contribution in [-0.4, -0.2) is 23.3 Å². The third-order valence-corrected chi connectivity index (χ3v) is 4.13. The van der Waals surface area contributed by atoms with E-state index < -0.39 is 0 Å². The van der Waals surface area contributed by atoms with E-state index in [1.165, 1.54) is 4.90 Å². The molecule has 1 aliphatic rings. The second-order valence-electron chi connectivity index (χ2n) is 4.87. The highest BCUT2D eigenvalue weighted by molar-refractivity contribution is 14.1. The van der Waals surface area contributed by atoms with Crippen LogP contribution in [0.15, 0.2) is 48.5 Å². The lowest BCUT2D eigenvalue weighted by molar-refractivity contribution is 0.0658. The van der Waals surface area contributed by atoms with Gasteiger partial charge in [-0.2, -0.15) is 0 Å². The second kappa shape index (κ2) is 6.32. The molecule has 2 amide bonds. The Bertz CT molecular complexity index is 765. The molecule has 0 radical (unpaired) electrons. The van der Waals surface area contributed by atoms with Gasteiger partial charge < -0.3 is 0 Å². The van der Waals surface area contributed by atoms with Gasteiger partial charge in [-0.15, -0.1) is 0 Å². The second-order valence-corrected chi connectivity index (χ2v) is 6.11. The van der Waals surface area contributed by atoms with E-state index in [1.807, 2.05) is 24.3 Å². The van der Waals surface area contributed by atoms with Crippen LogP contribution in [0.2, 0.25) is 0 Å². The molecule has 0 aromatic heterocycles. The van der Waals surface area contributed by atoms with Crippen molar-refractivity contribution in [3.05, 3.63) is 68.8 Å². The molecule has 0 saturated carbocycles. The summed E-state index contributed by atoms with van der Waals surface area (Å²) in [6.07, 6.45) is 0.470. The third kappa shape index (κ3) is 2.90. The highest BCUT2D eigenvalue weighted by atomic mass is 127. The quantitative estimate of drug-likeness (QED) is 0.440. The Balaban J connectivity index is 1.65. The van der Waals surface area contributed by atoms with Crippen molar-refractivity contribution in [2.75, 3.05) is 6.54 Å². The molecule has 0 spiro atoms. The molecular formula is C18H12INO2. The van der Waals surface area contributed by atoms with Crippen LogP contribution in [0.3, 0.4) is 0 Å². The third-order valence-electron chi connectivity index (χ3n) is 3.42. The highest BCUT2D eigenvalue weighted by Gasteiger charge is 2.34. The van der Waals surface area contributed by atoms with Crippen LogP contribution in [0, 0.1) is 15.4 Å². The Morgan fingerprint density at radius 1 is 0.909 bits per heavy atom. The van der Waals surface area contributed by atoms with Crippen LogP contribution in [0.1, 0.15) is 32.7 Å². The number of hydrogen-bond donors (Lipinski definition) is 0. The van der Waals surface area contributed by atoms with Crippen molar-refractivity contribution >= 4 is 34.4 Å². The molecule has 3 rings (SSSR count). The average Bonchev–Trinajstić information content (AvgIpc) is 2.78. The molecule has 1 aliphatic heterocycles. The molecule has 108 valence electrons. The van der Waals surface area contributed by atoms with Crippen LogP contribution in [0.4, 0.5) is 0 Å². The van der Waals surface area contributed by atoms with Crippen LogP contribution >= 0.6 is 22.6 Å². The largest absolute Gasteiger partial charge is 0.273 e. The number of benzene rings is 2. The molecule has 3 nitrogen and oxygen atoms in total. The predicted octanol–water partition coefficient (Wildman–Crippen LogP) is 3.33. The molecule has 0 fully saturated rings. The summed E-state index contributed by atoms with van der Waals surface area (Å²) in [6.45, 7) is 0.323. The van der Waals surface area contributed by atoms with Crippen molar-refractivity contribution in [1.82, 2.24) is 4.90 Å². The summed E-state index contributed by atoms with van der Waals surface area (Å²) in [5.74, 6) is 5.61. The summed E-state index contributed by atoms with van der Waals surface area (Å²) < 4.78 is 1.16. The molecule has 0 aliphatic carbocycles. The van der Waals surface area contributed by atoms with Gasteiger partial charge in [0.1, 0.15) is 0 Å². The SMILES string of the molecule is O=C1c2ccccc2C(=O)N1CCC#Cc1ccc(I)cc1. The number of fused-ring (bicyclic) bond motifs is 1. The smallest absolute Gasteiger partial charge is 0.261 e. The molecule has 0 bridgehead atoms. The maximum atomic E-state index is 12.2. The highest BCUT2D eigenvalue weighted by Crippen LogP contribution is 2.22. The van der Waals surface area contributed by atoms with Gasteiger partial charge in [0, 0.05) is 22.1 Å². The van der Waals surface area contributed by atoms with Crippen molar-refractivity contribution in [2.24, 2.45) is 0 Å². The van der Waals surface area contributed by atoms with Gasteiger partial charge in [-0.3, -0.25) is 14.5 Å². The zero-order chi connectivity index (χ0) is 15.5. The van der Waals surface area contributed by atoms with Gasteiger partial charge in [0.15, 0.2) is 0 Å².